The normalized spacial score (nSPS) is 14.9. The Bertz CT molecular complexity index is 1160. The maximum Gasteiger partial charge on any atom is 0.328 e. The minimum Gasteiger partial charge on any atom is -0.493 e. The second-order valence-corrected chi connectivity index (χ2v) is 6.55. The average Bonchev–Trinajstić information content (AvgIpc) is 3.24. The SMILES string of the molecule is O=c1[nH]c(C=C2C=Nc3ccccc32)c(O)n1CC(O)COc1ccccc1F. The van der Waals surface area contributed by atoms with Crippen molar-refractivity contribution in [2.24, 2.45) is 4.99 Å². The fourth-order valence-corrected chi connectivity index (χ4v) is 3.07. The maximum absolute atomic E-state index is 13.6. The van der Waals surface area contributed by atoms with Gasteiger partial charge in [0.15, 0.2) is 11.6 Å². The number of nitrogens with one attached hydrogen (secondary N) is 1. The molecule has 2 heterocycles. The summed E-state index contributed by atoms with van der Waals surface area (Å²) in [7, 11) is 0. The number of aromatic amines is 1. The second-order valence-electron chi connectivity index (χ2n) is 6.55. The van der Waals surface area contributed by atoms with E-state index in [2.05, 4.69) is 9.98 Å². The number of rotatable bonds is 6. The summed E-state index contributed by atoms with van der Waals surface area (Å²) in [5.41, 5.74) is 2.06. The standard InChI is InChI=1S/C21H18FN3O4/c22-16-6-2-4-8-19(16)29-12-14(26)11-25-20(27)18(24-21(25)28)9-13-10-23-17-7-3-1-5-15(13)17/h1-10,14,26-27H,11-12H2,(H,24,28). The lowest BCUT2D eigenvalue weighted by Crippen LogP contribution is -2.28. The topological polar surface area (TPSA) is 99.8 Å². The van der Waals surface area contributed by atoms with E-state index in [1.165, 1.54) is 18.2 Å². The first kappa shape index (κ1) is 18.7. The molecule has 29 heavy (non-hydrogen) atoms. The highest BCUT2D eigenvalue weighted by atomic mass is 19.1. The van der Waals surface area contributed by atoms with Crippen LogP contribution < -0.4 is 10.4 Å². The number of aliphatic hydroxyl groups is 1. The number of aliphatic imine (C=N–C) groups is 1. The number of para-hydroxylation sites is 2. The van der Waals surface area contributed by atoms with Crippen LogP contribution in [0.4, 0.5) is 10.1 Å². The maximum atomic E-state index is 13.6. The molecule has 1 atom stereocenters. The Morgan fingerprint density at radius 2 is 1.97 bits per heavy atom. The van der Waals surface area contributed by atoms with Gasteiger partial charge < -0.3 is 19.9 Å². The van der Waals surface area contributed by atoms with Crippen molar-refractivity contribution in [1.82, 2.24) is 9.55 Å². The van der Waals surface area contributed by atoms with Crippen LogP contribution in [-0.2, 0) is 6.54 Å². The van der Waals surface area contributed by atoms with Gasteiger partial charge >= 0.3 is 5.69 Å². The Balaban J connectivity index is 1.49. The van der Waals surface area contributed by atoms with Crippen LogP contribution in [0.25, 0.3) is 11.6 Å². The van der Waals surface area contributed by atoms with E-state index in [0.717, 1.165) is 21.4 Å². The van der Waals surface area contributed by atoms with Crippen molar-refractivity contribution in [2.75, 3.05) is 6.61 Å². The highest BCUT2D eigenvalue weighted by Gasteiger charge is 2.18. The lowest BCUT2D eigenvalue weighted by atomic mass is 10.1. The summed E-state index contributed by atoms with van der Waals surface area (Å²) in [5.74, 6) is -0.860. The molecule has 8 heteroatoms. The van der Waals surface area contributed by atoms with E-state index in [0.29, 0.717) is 0 Å². The first-order valence-corrected chi connectivity index (χ1v) is 8.95. The van der Waals surface area contributed by atoms with Gasteiger partial charge in [-0.2, -0.15) is 0 Å². The zero-order valence-electron chi connectivity index (χ0n) is 15.2. The molecule has 1 aliphatic rings. The van der Waals surface area contributed by atoms with Gasteiger partial charge in [0.1, 0.15) is 18.4 Å². The van der Waals surface area contributed by atoms with E-state index >= 15 is 0 Å². The largest absolute Gasteiger partial charge is 0.493 e. The number of benzene rings is 2. The molecule has 1 unspecified atom stereocenters. The van der Waals surface area contributed by atoms with Crippen molar-refractivity contribution in [3.63, 3.8) is 0 Å². The third kappa shape index (κ3) is 3.83. The number of fused-ring (bicyclic) bond motifs is 1. The van der Waals surface area contributed by atoms with Gasteiger partial charge in [0, 0.05) is 17.4 Å². The van der Waals surface area contributed by atoms with Gasteiger partial charge in [-0.1, -0.05) is 30.3 Å². The lowest BCUT2D eigenvalue weighted by molar-refractivity contribution is 0.0876. The van der Waals surface area contributed by atoms with Gasteiger partial charge in [0.05, 0.1) is 12.2 Å². The summed E-state index contributed by atoms with van der Waals surface area (Å²) < 4.78 is 19.8. The number of aromatic nitrogens is 2. The Hall–Kier alpha value is -3.65. The van der Waals surface area contributed by atoms with Crippen molar-refractivity contribution in [3.8, 4) is 11.6 Å². The van der Waals surface area contributed by atoms with Crippen LogP contribution in [0.2, 0.25) is 0 Å². The quantitative estimate of drug-likeness (QED) is 0.598. The van der Waals surface area contributed by atoms with Crippen LogP contribution in [0.15, 0.2) is 58.3 Å². The van der Waals surface area contributed by atoms with E-state index in [9.17, 15) is 19.4 Å². The number of hydrogen-bond acceptors (Lipinski definition) is 5. The van der Waals surface area contributed by atoms with Gasteiger partial charge in [-0.15, -0.1) is 0 Å². The van der Waals surface area contributed by atoms with Gasteiger partial charge in [0.25, 0.3) is 0 Å². The molecule has 0 saturated carbocycles. The summed E-state index contributed by atoms with van der Waals surface area (Å²) >= 11 is 0. The number of imidazole rings is 1. The number of H-pyrrole nitrogens is 1. The third-order valence-electron chi connectivity index (χ3n) is 4.50. The first-order chi connectivity index (χ1) is 14.0. The molecule has 7 nitrogen and oxygen atoms in total. The predicted molar refractivity (Wildman–Crippen MR) is 107 cm³/mol. The zero-order valence-corrected chi connectivity index (χ0v) is 15.2. The molecular formula is C21H18FN3O4. The van der Waals surface area contributed by atoms with Gasteiger partial charge in [-0.25, -0.2) is 9.18 Å². The van der Waals surface area contributed by atoms with Crippen LogP contribution >= 0.6 is 0 Å². The Kier molecular flexibility index (Phi) is 5.01. The molecule has 0 fully saturated rings. The van der Waals surface area contributed by atoms with Gasteiger partial charge in [-0.3, -0.25) is 9.56 Å². The molecule has 4 rings (SSSR count). The van der Waals surface area contributed by atoms with Gasteiger partial charge in [0.2, 0.25) is 5.88 Å². The summed E-state index contributed by atoms with van der Waals surface area (Å²) in [6.45, 7) is -0.460. The second kappa shape index (κ2) is 7.76. The van der Waals surface area contributed by atoms with Crippen LogP contribution in [0.5, 0.6) is 11.6 Å². The van der Waals surface area contributed by atoms with Crippen molar-refractivity contribution >= 4 is 23.6 Å². The number of aromatic hydroxyl groups is 1. The molecule has 0 aliphatic carbocycles. The molecule has 0 bridgehead atoms. The van der Waals surface area contributed by atoms with Crippen LogP contribution in [0, 0.1) is 5.82 Å². The number of aliphatic hydroxyl groups excluding tert-OH is 1. The fourth-order valence-electron chi connectivity index (χ4n) is 3.07. The Morgan fingerprint density at radius 1 is 1.21 bits per heavy atom. The molecule has 3 N–H and O–H groups in total. The van der Waals surface area contributed by atoms with E-state index in [1.54, 1.807) is 18.4 Å². The lowest BCUT2D eigenvalue weighted by Gasteiger charge is -2.13. The van der Waals surface area contributed by atoms with E-state index < -0.39 is 17.6 Å². The molecule has 0 saturated heterocycles. The summed E-state index contributed by atoms with van der Waals surface area (Å²) in [6.07, 6.45) is 2.13. The highest BCUT2D eigenvalue weighted by molar-refractivity contribution is 6.21. The summed E-state index contributed by atoms with van der Waals surface area (Å²) in [6, 6.07) is 13.3. The van der Waals surface area contributed by atoms with Crippen LogP contribution in [0.1, 0.15) is 11.3 Å². The molecule has 0 radical (unpaired) electrons. The molecule has 148 valence electrons. The van der Waals surface area contributed by atoms with E-state index in [-0.39, 0.29) is 30.5 Å². The van der Waals surface area contributed by atoms with Crippen LogP contribution in [-0.4, -0.2) is 38.7 Å². The van der Waals surface area contributed by atoms with Crippen molar-refractivity contribution < 1.29 is 19.3 Å². The molecule has 0 amide bonds. The highest BCUT2D eigenvalue weighted by Crippen LogP contribution is 2.32. The average molecular weight is 395 g/mol. The molecular weight excluding hydrogens is 377 g/mol. The number of halogens is 1. The molecule has 1 aromatic heterocycles. The number of ether oxygens (including phenoxy) is 1. The first-order valence-electron chi connectivity index (χ1n) is 8.95. The number of allylic oxidation sites excluding steroid dienone is 1. The Morgan fingerprint density at radius 3 is 2.79 bits per heavy atom. The summed E-state index contributed by atoms with van der Waals surface area (Å²) in [4.78, 5) is 19.1. The van der Waals surface area contributed by atoms with E-state index in [4.69, 9.17) is 4.74 Å². The van der Waals surface area contributed by atoms with E-state index in [1.807, 2.05) is 24.3 Å². The summed E-state index contributed by atoms with van der Waals surface area (Å²) in [5, 5.41) is 20.6. The minimum absolute atomic E-state index is 0.00166. The fraction of sp³-hybridized carbons (Fsp3) is 0.143. The van der Waals surface area contributed by atoms with Crippen molar-refractivity contribution in [1.29, 1.82) is 0 Å². The monoisotopic (exact) mass is 395 g/mol. The van der Waals surface area contributed by atoms with Crippen molar-refractivity contribution in [3.05, 3.63) is 76.1 Å². The third-order valence-corrected chi connectivity index (χ3v) is 4.50. The van der Waals surface area contributed by atoms with Gasteiger partial charge in [-0.05, 0) is 24.3 Å². The molecule has 3 aromatic rings. The van der Waals surface area contributed by atoms with Crippen LogP contribution in [0.3, 0.4) is 0 Å². The minimum atomic E-state index is -1.14. The predicted octanol–water partition coefficient (Wildman–Crippen LogP) is 2.72. The molecule has 2 aromatic carbocycles. The molecule has 0 spiro atoms. The smallest absolute Gasteiger partial charge is 0.328 e. The number of nitrogens with zero attached hydrogens (tertiary/aromatic N) is 2. The zero-order chi connectivity index (χ0) is 20.4. The molecule has 1 aliphatic heterocycles. The Labute approximate surface area is 165 Å². The number of hydrogen-bond donors (Lipinski definition) is 3. The van der Waals surface area contributed by atoms with Crippen molar-refractivity contribution in [2.45, 2.75) is 12.6 Å².